The zero-order valence-electron chi connectivity index (χ0n) is 10.1. The van der Waals surface area contributed by atoms with Crippen LogP contribution in [0.25, 0.3) is 0 Å². The van der Waals surface area contributed by atoms with Crippen molar-refractivity contribution in [1.29, 1.82) is 5.26 Å². The molecule has 18 heavy (non-hydrogen) atoms. The van der Waals surface area contributed by atoms with Gasteiger partial charge in [0.05, 0.1) is 11.3 Å². The van der Waals surface area contributed by atoms with Gasteiger partial charge in [0.1, 0.15) is 6.07 Å². The summed E-state index contributed by atoms with van der Waals surface area (Å²) in [6.07, 6.45) is 0.621. The first-order valence-electron chi connectivity index (χ1n) is 5.33. The highest BCUT2D eigenvalue weighted by molar-refractivity contribution is 6.37. The number of hydrazine groups is 1. The molecule has 1 rings (SSSR count). The molecule has 0 saturated heterocycles. The zero-order valence-corrected chi connectivity index (χ0v) is 10.1. The van der Waals surface area contributed by atoms with Crippen LogP contribution in [0.2, 0.25) is 0 Å². The molecular weight excluding hydrogens is 234 g/mol. The van der Waals surface area contributed by atoms with E-state index in [1.807, 2.05) is 13.0 Å². The maximum Gasteiger partial charge on any atom is 0.396 e. The Morgan fingerprint density at radius 2 is 2.17 bits per heavy atom. The van der Waals surface area contributed by atoms with Gasteiger partial charge in [-0.15, -0.1) is 0 Å². The number of rotatable bonds is 3. The molecule has 0 atom stereocenters. The van der Waals surface area contributed by atoms with Crippen molar-refractivity contribution in [3.8, 4) is 6.07 Å². The molecule has 0 spiro atoms. The van der Waals surface area contributed by atoms with Crippen molar-refractivity contribution in [2.24, 2.45) is 0 Å². The molecule has 0 saturated carbocycles. The van der Waals surface area contributed by atoms with E-state index < -0.39 is 11.9 Å². The van der Waals surface area contributed by atoms with E-state index in [0.29, 0.717) is 12.0 Å². The van der Waals surface area contributed by atoms with Crippen LogP contribution in [0.1, 0.15) is 18.1 Å². The van der Waals surface area contributed by atoms with Crippen molar-refractivity contribution in [2.45, 2.75) is 13.3 Å². The van der Waals surface area contributed by atoms with Crippen molar-refractivity contribution in [2.75, 3.05) is 12.1 Å². The number of carboxylic acids is 1. The Balaban J connectivity index is 3.35. The maximum atomic E-state index is 11.5. The third-order valence-electron chi connectivity index (χ3n) is 2.47. The molecule has 0 aliphatic heterocycles. The van der Waals surface area contributed by atoms with Crippen molar-refractivity contribution in [1.82, 2.24) is 5.43 Å². The largest absolute Gasteiger partial charge is 0.474 e. The fourth-order valence-electron chi connectivity index (χ4n) is 1.62. The molecule has 6 heteroatoms. The van der Waals surface area contributed by atoms with Crippen LogP contribution in [-0.4, -0.2) is 24.0 Å². The van der Waals surface area contributed by atoms with E-state index in [2.05, 4.69) is 5.43 Å². The normalized spacial score (nSPS) is 9.61. The molecule has 1 aromatic carbocycles. The van der Waals surface area contributed by atoms with Crippen LogP contribution in [0.15, 0.2) is 18.2 Å². The molecule has 1 aromatic rings. The number of anilines is 1. The van der Waals surface area contributed by atoms with E-state index in [0.717, 1.165) is 10.6 Å². The second kappa shape index (κ2) is 5.80. The molecule has 94 valence electrons. The molecule has 0 aliphatic carbocycles. The summed E-state index contributed by atoms with van der Waals surface area (Å²) >= 11 is 0. The molecule has 0 heterocycles. The van der Waals surface area contributed by atoms with Crippen LogP contribution in [0.3, 0.4) is 0 Å². The number of hydrogen-bond donors (Lipinski definition) is 2. The fraction of sp³-hybridized carbons (Fsp3) is 0.250. The van der Waals surface area contributed by atoms with E-state index in [1.165, 1.54) is 13.1 Å². The molecule has 0 radical (unpaired) electrons. The van der Waals surface area contributed by atoms with Gasteiger partial charge in [-0.05, 0) is 18.1 Å². The first-order valence-corrected chi connectivity index (χ1v) is 5.33. The smallest absolute Gasteiger partial charge is 0.396 e. The summed E-state index contributed by atoms with van der Waals surface area (Å²) in [5, 5.41) is 18.7. The van der Waals surface area contributed by atoms with Gasteiger partial charge in [-0.25, -0.2) is 15.2 Å². The standard InChI is InChI=1S/C12H13N3O3/c1-3-8-5-4-6-10(9(8)7-13)15(14-2)11(16)12(17)18/h4-6,14H,3H2,1-2H3,(H,17,18). The summed E-state index contributed by atoms with van der Waals surface area (Å²) in [5.74, 6) is -2.72. The number of nitriles is 1. The van der Waals surface area contributed by atoms with E-state index in [9.17, 15) is 9.59 Å². The molecule has 0 fully saturated rings. The van der Waals surface area contributed by atoms with Gasteiger partial charge in [-0.2, -0.15) is 5.26 Å². The first-order chi connectivity index (χ1) is 8.56. The van der Waals surface area contributed by atoms with Gasteiger partial charge < -0.3 is 5.11 Å². The topological polar surface area (TPSA) is 93.4 Å². The molecule has 2 N–H and O–H groups in total. The predicted molar refractivity (Wildman–Crippen MR) is 64.7 cm³/mol. The van der Waals surface area contributed by atoms with Gasteiger partial charge in [0.2, 0.25) is 0 Å². The van der Waals surface area contributed by atoms with Crippen LogP contribution in [-0.2, 0) is 16.0 Å². The predicted octanol–water partition coefficient (Wildman–Crippen LogP) is 0.673. The van der Waals surface area contributed by atoms with Crippen molar-refractivity contribution in [3.63, 3.8) is 0 Å². The van der Waals surface area contributed by atoms with Gasteiger partial charge >= 0.3 is 11.9 Å². The molecule has 6 nitrogen and oxygen atoms in total. The van der Waals surface area contributed by atoms with Gasteiger partial charge in [0.15, 0.2) is 0 Å². The first kappa shape index (κ1) is 13.7. The Morgan fingerprint density at radius 1 is 1.50 bits per heavy atom. The number of hydrogen-bond acceptors (Lipinski definition) is 4. The van der Waals surface area contributed by atoms with Crippen LogP contribution in [0, 0.1) is 11.3 Å². The SMILES string of the molecule is CCc1cccc(N(NC)C(=O)C(=O)O)c1C#N. The number of carboxylic acid groups (broad SMARTS) is 1. The maximum absolute atomic E-state index is 11.5. The van der Waals surface area contributed by atoms with Gasteiger partial charge in [0.25, 0.3) is 0 Å². The lowest BCUT2D eigenvalue weighted by Gasteiger charge is -2.21. The molecule has 1 amide bonds. The lowest BCUT2D eigenvalue weighted by molar-refractivity contribution is -0.149. The molecular formula is C12H13N3O3. The number of carbonyl (C=O) groups excluding carboxylic acids is 1. The second-order valence-electron chi connectivity index (χ2n) is 3.45. The number of benzene rings is 1. The Kier molecular flexibility index (Phi) is 4.40. The van der Waals surface area contributed by atoms with E-state index in [4.69, 9.17) is 10.4 Å². The summed E-state index contributed by atoms with van der Waals surface area (Å²) in [7, 11) is 1.42. The summed E-state index contributed by atoms with van der Waals surface area (Å²) in [6, 6.07) is 6.96. The summed E-state index contributed by atoms with van der Waals surface area (Å²) in [6.45, 7) is 1.88. The average molecular weight is 247 g/mol. The monoisotopic (exact) mass is 247 g/mol. The molecule has 0 unspecified atom stereocenters. The quantitative estimate of drug-likeness (QED) is 0.605. The summed E-state index contributed by atoms with van der Waals surface area (Å²) < 4.78 is 0. The highest BCUT2D eigenvalue weighted by Gasteiger charge is 2.24. The van der Waals surface area contributed by atoms with E-state index >= 15 is 0 Å². The van der Waals surface area contributed by atoms with Crippen LogP contribution in [0.4, 0.5) is 5.69 Å². The van der Waals surface area contributed by atoms with E-state index in [-0.39, 0.29) is 5.69 Å². The zero-order chi connectivity index (χ0) is 13.7. The molecule has 0 aromatic heterocycles. The molecule has 0 bridgehead atoms. The van der Waals surface area contributed by atoms with Crippen LogP contribution < -0.4 is 10.4 Å². The number of nitrogens with zero attached hydrogens (tertiary/aromatic N) is 2. The highest BCUT2D eigenvalue weighted by atomic mass is 16.4. The minimum atomic E-state index is -1.59. The Morgan fingerprint density at radius 3 is 2.61 bits per heavy atom. The van der Waals surface area contributed by atoms with Gasteiger partial charge in [0, 0.05) is 7.05 Å². The van der Waals surface area contributed by atoms with E-state index in [1.54, 1.807) is 12.1 Å². The average Bonchev–Trinajstić information content (AvgIpc) is 2.38. The van der Waals surface area contributed by atoms with Crippen LogP contribution in [0.5, 0.6) is 0 Å². The van der Waals surface area contributed by atoms with Crippen molar-refractivity contribution in [3.05, 3.63) is 29.3 Å². The molecule has 0 aliphatic rings. The van der Waals surface area contributed by atoms with Crippen molar-refractivity contribution < 1.29 is 14.7 Å². The minimum absolute atomic E-state index is 0.242. The number of nitrogens with one attached hydrogen (secondary N) is 1. The number of aryl methyl sites for hydroxylation is 1. The van der Waals surface area contributed by atoms with Crippen LogP contribution >= 0.6 is 0 Å². The summed E-state index contributed by atoms with van der Waals surface area (Å²) in [5.41, 5.74) is 3.77. The minimum Gasteiger partial charge on any atom is -0.474 e. The third kappa shape index (κ3) is 2.47. The summed E-state index contributed by atoms with van der Waals surface area (Å²) in [4.78, 5) is 22.2. The number of carbonyl (C=O) groups is 2. The fourth-order valence-corrected chi connectivity index (χ4v) is 1.62. The highest BCUT2D eigenvalue weighted by Crippen LogP contribution is 2.22. The lowest BCUT2D eigenvalue weighted by atomic mass is 10.0. The van der Waals surface area contributed by atoms with Gasteiger partial charge in [-0.3, -0.25) is 4.79 Å². The lowest BCUT2D eigenvalue weighted by Crippen LogP contribution is -2.45. The second-order valence-corrected chi connectivity index (χ2v) is 3.45. The Hall–Kier alpha value is -2.39. The number of amides is 1. The Bertz CT molecular complexity index is 520. The third-order valence-corrected chi connectivity index (χ3v) is 2.47. The Labute approximate surface area is 104 Å². The van der Waals surface area contributed by atoms with Gasteiger partial charge in [-0.1, -0.05) is 19.1 Å². The number of aliphatic carboxylic acids is 1. The van der Waals surface area contributed by atoms with Crippen molar-refractivity contribution >= 4 is 17.6 Å².